The molecule has 0 amide bonds. The number of aryl methyl sites for hydroxylation is 1. The number of fused-ring (bicyclic) bond motifs is 1. The number of hydrogen-bond acceptors (Lipinski definition) is 7. The molecule has 0 aliphatic rings. The normalized spacial score (nSPS) is 11.9. The number of aromatic nitrogens is 4. The number of ether oxygens (including phenoxy) is 1. The minimum atomic E-state index is -0.427. The van der Waals surface area contributed by atoms with Crippen LogP contribution in [0.25, 0.3) is 22.3 Å². The second-order valence-corrected chi connectivity index (χ2v) is 8.61. The summed E-state index contributed by atoms with van der Waals surface area (Å²) >= 11 is 1.35. The van der Waals surface area contributed by atoms with Crippen molar-refractivity contribution in [1.82, 2.24) is 19.9 Å². The number of nitrogens with one attached hydrogen (secondary N) is 1. The molecule has 0 radical (unpaired) electrons. The predicted molar refractivity (Wildman–Crippen MR) is 125 cm³/mol. The summed E-state index contributed by atoms with van der Waals surface area (Å²) in [7, 11) is 0. The van der Waals surface area contributed by atoms with Gasteiger partial charge in [0.1, 0.15) is 17.7 Å². The molecule has 32 heavy (non-hydrogen) atoms. The Morgan fingerprint density at radius 3 is 2.62 bits per heavy atom. The molecule has 1 N–H and O–H groups in total. The van der Waals surface area contributed by atoms with Gasteiger partial charge in [-0.25, -0.2) is 15.0 Å². The average Bonchev–Trinajstić information content (AvgIpc) is 2.81. The van der Waals surface area contributed by atoms with E-state index in [0.29, 0.717) is 34.0 Å². The number of nitrogens with zero attached hydrogens (tertiary/aromatic N) is 3. The number of thioether (sulfide) groups is 1. The number of benzene rings is 2. The number of rotatable bonds is 7. The highest BCUT2D eigenvalue weighted by Gasteiger charge is 2.17. The second kappa shape index (κ2) is 9.74. The first-order valence-corrected chi connectivity index (χ1v) is 11.2. The molecule has 162 valence electrons. The van der Waals surface area contributed by atoms with Crippen LogP contribution in [0.5, 0.6) is 0 Å². The molecule has 0 aliphatic heterocycles. The largest absolute Gasteiger partial charge is 0.458 e. The number of carbonyl (C=O) groups is 1. The molecule has 0 aliphatic carbocycles. The van der Waals surface area contributed by atoms with E-state index in [4.69, 9.17) is 4.74 Å². The van der Waals surface area contributed by atoms with E-state index in [2.05, 4.69) is 19.9 Å². The van der Waals surface area contributed by atoms with Crippen molar-refractivity contribution in [2.75, 3.05) is 0 Å². The highest BCUT2D eigenvalue weighted by molar-refractivity contribution is 7.99. The molecule has 8 heteroatoms. The van der Waals surface area contributed by atoms with Crippen LogP contribution in [0.3, 0.4) is 0 Å². The standard InChI is InChI=1S/C24H22N4O3S/c1-15-12-18(26-22(25-15)17-8-4-3-5-9-17)13-31-24(30)16(2)32-14-21-27-20-11-7-6-10-19(20)23(29)28-21/h3-12,16H,13-14H2,1-2H3,(H,27,28,29). The Kier molecular flexibility index (Phi) is 6.61. The summed E-state index contributed by atoms with van der Waals surface area (Å²) in [4.78, 5) is 40.9. The van der Waals surface area contributed by atoms with Crippen molar-refractivity contribution in [3.05, 3.63) is 88.2 Å². The molecule has 0 saturated carbocycles. The molecule has 0 fully saturated rings. The molecular weight excluding hydrogens is 424 g/mol. The van der Waals surface area contributed by atoms with Crippen molar-refractivity contribution < 1.29 is 9.53 Å². The lowest BCUT2D eigenvalue weighted by Gasteiger charge is -2.12. The van der Waals surface area contributed by atoms with E-state index >= 15 is 0 Å². The van der Waals surface area contributed by atoms with Gasteiger partial charge in [-0.3, -0.25) is 9.59 Å². The van der Waals surface area contributed by atoms with Crippen LogP contribution in [-0.4, -0.2) is 31.2 Å². The Labute approximate surface area is 189 Å². The molecule has 4 rings (SSSR count). The Morgan fingerprint density at radius 1 is 1.06 bits per heavy atom. The first-order valence-electron chi connectivity index (χ1n) is 10.2. The Hall–Kier alpha value is -3.52. The second-order valence-electron chi connectivity index (χ2n) is 7.28. The molecule has 2 heterocycles. The Morgan fingerprint density at radius 2 is 1.81 bits per heavy atom. The Bertz CT molecular complexity index is 1310. The topological polar surface area (TPSA) is 97.8 Å². The van der Waals surface area contributed by atoms with Crippen LogP contribution in [-0.2, 0) is 21.9 Å². The van der Waals surface area contributed by atoms with Gasteiger partial charge in [0.15, 0.2) is 5.82 Å². The summed E-state index contributed by atoms with van der Waals surface area (Å²) in [6, 6.07) is 18.6. The van der Waals surface area contributed by atoms with Crippen LogP contribution in [0, 0.1) is 6.92 Å². The van der Waals surface area contributed by atoms with Gasteiger partial charge in [0.2, 0.25) is 0 Å². The fraction of sp³-hybridized carbons (Fsp3) is 0.208. The molecule has 0 spiro atoms. The summed E-state index contributed by atoms with van der Waals surface area (Å²) in [5, 5.41) is 0.118. The van der Waals surface area contributed by atoms with Crippen LogP contribution in [0.2, 0.25) is 0 Å². The number of carbonyl (C=O) groups excluding carboxylic acids is 1. The molecular formula is C24H22N4O3S. The monoisotopic (exact) mass is 446 g/mol. The average molecular weight is 447 g/mol. The zero-order valence-electron chi connectivity index (χ0n) is 17.7. The SMILES string of the molecule is Cc1cc(COC(=O)C(C)SCc2nc3ccccc3c(=O)[nH]2)nc(-c2ccccc2)n1. The maximum atomic E-state index is 12.5. The van der Waals surface area contributed by atoms with Crippen molar-refractivity contribution in [1.29, 1.82) is 0 Å². The lowest BCUT2D eigenvalue weighted by Crippen LogP contribution is -2.18. The van der Waals surface area contributed by atoms with Gasteiger partial charge in [-0.2, -0.15) is 0 Å². The van der Waals surface area contributed by atoms with E-state index in [-0.39, 0.29) is 18.1 Å². The number of para-hydroxylation sites is 1. The van der Waals surface area contributed by atoms with E-state index in [9.17, 15) is 9.59 Å². The number of aromatic amines is 1. The predicted octanol–water partition coefficient (Wildman–Crippen LogP) is 4.05. The lowest BCUT2D eigenvalue weighted by molar-refractivity contribution is -0.144. The first kappa shape index (κ1) is 21.7. The van der Waals surface area contributed by atoms with Gasteiger partial charge in [-0.15, -0.1) is 11.8 Å². The summed E-state index contributed by atoms with van der Waals surface area (Å²) in [6.45, 7) is 3.72. The van der Waals surface area contributed by atoms with Crippen LogP contribution in [0.4, 0.5) is 0 Å². The molecule has 0 saturated heterocycles. The van der Waals surface area contributed by atoms with Crippen molar-refractivity contribution >= 4 is 28.6 Å². The van der Waals surface area contributed by atoms with E-state index in [1.54, 1.807) is 31.2 Å². The van der Waals surface area contributed by atoms with Crippen LogP contribution >= 0.6 is 11.8 Å². The maximum absolute atomic E-state index is 12.5. The van der Waals surface area contributed by atoms with E-state index in [0.717, 1.165) is 11.3 Å². The van der Waals surface area contributed by atoms with Gasteiger partial charge in [-0.05, 0) is 32.0 Å². The number of H-pyrrole nitrogens is 1. The first-order chi connectivity index (χ1) is 15.5. The third kappa shape index (κ3) is 5.20. The minimum absolute atomic E-state index is 0.0674. The van der Waals surface area contributed by atoms with Gasteiger partial charge >= 0.3 is 5.97 Å². The molecule has 1 unspecified atom stereocenters. The minimum Gasteiger partial charge on any atom is -0.458 e. The van der Waals surface area contributed by atoms with E-state index < -0.39 is 5.25 Å². The van der Waals surface area contributed by atoms with E-state index in [1.807, 2.05) is 43.3 Å². The highest BCUT2D eigenvalue weighted by atomic mass is 32.2. The molecule has 2 aromatic heterocycles. The fourth-order valence-electron chi connectivity index (χ4n) is 3.16. The van der Waals surface area contributed by atoms with Crippen molar-refractivity contribution in [3.8, 4) is 11.4 Å². The Balaban J connectivity index is 1.36. The maximum Gasteiger partial charge on any atom is 0.319 e. The molecule has 1 atom stereocenters. The van der Waals surface area contributed by atoms with Gasteiger partial charge < -0.3 is 9.72 Å². The summed E-state index contributed by atoms with van der Waals surface area (Å²) in [5.41, 5.74) is 2.80. The fourth-order valence-corrected chi connectivity index (χ4v) is 3.91. The van der Waals surface area contributed by atoms with Gasteiger partial charge in [0.05, 0.1) is 22.3 Å². The molecule has 7 nitrogen and oxygen atoms in total. The summed E-state index contributed by atoms with van der Waals surface area (Å²) < 4.78 is 5.48. The van der Waals surface area contributed by atoms with E-state index in [1.165, 1.54) is 11.8 Å². The van der Waals surface area contributed by atoms with Crippen LogP contribution < -0.4 is 5.56 Å². The smallest absolute Gasteiger partial charge is 0.319 e. The molecule has 4 aromatic rings. The lowest BCUT2D eigenvalue weighted by atomic mass is 10.2. The van der Waals surface area contributed by atoms with Gasteiger partial charge in [-0.1, -0.05) is 42.5 Å². The van der Waals surface area contributed by atoms with Crippen LogP contribution in [0.15, 0.2) is 65.5 Å². The van der Waals surface area contributed by atoms with Crippen molar-refractivity contribution in [2.45, 2.75) is 31.5 Å². The van der Waals surface area contributed by atoms with Gasteiger partial charge in [0.25, 0.3) is 5.56 Å². The summed E-state index contributed by atoms with van der Waals surface area (Å²) in [6.07, 6.45) is 0. The summed E-state index contributed by atoms with van der Waals surface area (Å²) in [5.74, 6) is 1.17. The van der Waals surface area contributed by atoms with Gasteiger partial charge in [0, 0.05) is 11.3 Å². The molecule has 2 aromatic carbocycles. The highest BCUT2D eigenvalue weighted by Crippen LogP contribution is 2.19. The van der Waals surface area contributed by atoms with Crippen LogP contribution in [0.1, 0.15) is 24.1 Å². The van der Waals surface area contributed by atoms with Crippen molar-refractivity contribution in [3.63, 3.8) is 0 Å². The third-order valence-electron chi connectivity index (χ3n) is 4.77. The number of esters is 1. The van der Waals surface area contributed by atoms with Crippen molar-refractivity contribution in [2.24, 2.45) is 0 Å². The third-order valence-corrected chi connectivity index (χ3v) is 5.90. The number of hydrogen-bond donors (Lipinski definition) is 1. The zero-order valence-corrected chi connectivity index (χ0v) is 18.6. The zero-order chi connectivity index (χ0) is 22.5. The quantitative estimate of drug-likeness (QED) is 0.428. The molecule has 0 bridgehead atoms.